The maximum absolute atomic E-state index is 4.53. The van der Waals surface area contributed by atoms with E-state index in [1.54, 1.807) is 0 Å². The zero-order chi connectivity index (χ0) is 17.2. The number of hydrogen-bond donors (Lipinski definition) is 0. The van der Waals surface area contributed by atoms with Gasteiger partial charge in [-0.1, -0.05) is 6.07 Å². The lowest BCUT2D eigenvalue weighted by Gasteiger charge is -2.40. The van der Waals surface area contributed by atoms with Crippen LogP contribution in [0.25, 0.3) is 0 Å². The maximum atomic E-state index is 4.53. The lowest BCUT2D eigenvalue weighted by Crippen LogP contribution is -2.50. The molecule has 1 aromatic heterocycles. The molecular weight excluding hydrogens is 308 g/mol. The first-order valence-corrected chi connectivity index (χ1v) is 10.3. The van der Waals surface area contributed by atoms with Crippen LogP contribution in [-0.2, 0) is 6.54 Å². The van der Waals surface area contributed by atoms with Gasteiger partial charge in [-0.15, -0.1) is 0 Å². The van der Waals surface area contributed by atoms with Gasteiger partial charge in [0.2, 0.25) is 0 Å². The Balaban J connectivity index is 1.40. The van der Waals surface area contributed by atoms with Crippen molar-refractivity contribution in [1.29, 1.82) is 0 Å². The summed E-state index contributed by atoms with van der Waals surface area (Å²) in [7, 11) is 0. The molecule has 0 aliphatic carbocycles. The van der Waals surface area contributed by atoms with Gasteiger partial charge < -0.3 is 4.90 Å². The number of nitrogens with zero attached hydrogens (tertiary/aromatic N) is 4. The highest BCUT2D eigenvalue weighted by molar-refractivity contribution is 5.05. The zero-order valence-corrected chi connectivity index (χ0v) is 16.0. The molecule has 3 saturated heterocycles. The van der Waals surface area contributed by atoms with E-state index in [4.69, 9.17) is 0 Å². The molecule has 0 N–H and O–H groups in total. The first-order valence-electron chi connectivity index (χ1n) is 10.3. The summed E-state index contributed by atoms with van der Waals surface area (Å²) in [6.45, 7) is 12.2. The predicted octanol–water partition coefficient (Wildman–Crippen LogP) is 2.85. The van der Waals surface area contributed by atoms with Crippen molar-refractivity contribution in [2.75, 3.05) is 32.7 Å². The number of hydrogen-bond acceptors (Lipinski definition) is 4. The zero-order valence-electron chi connectivity index (χ0n) is 16.0. The second-order valence-electron chi connectivity index (χ2n) is 8.61. The summed E-state index contributed by atoms with van der Waals surface area (Å²) in [5, 5.41) is 0. The van der Waals surface area contributed by atoms with Crippen molar-refractivity contribution in [1.82, 2.24) is 19.7 Å². The summed E-state index contributed by atoms with van der Waals surface area (Å²) in [6, 6.07) is 8.52. The summed E-state index contributed by atoms with van der Waals surface area (Å²) in [6.07, 6.45) is 7.44. The molecule has 1 aromatic rings. The van der Waals surface area contributed by atoms with Gasteiger partial charge in [-0.05, 0) is 70.7 Å². The average molecular weight is 343 g/mol. The number of likely N-dealkylation sites (tertiary alicyclic amines) is 3. The van der Waals surface area contributed by atoms with Crippen LogP contribution < -0.4 is 0 Å². The van der Waals surface area contributed by atoms with Crippen molar-refractivity contribution >= 4 is 0 Å². The summed E-state index contributed by atoms with van der Waals surface area (Å²) in [5.74, 6) is 0.840. The highest BCUT2D eigenvalue weighted by Gasteiger charge is 2.45. The van der Waals surface area contributed by atoms with Crippen molar-refractivity contribution in [3.05, 3.63) is 30.1 Å². The van der Waals surface area contributed by atoms with Crippen LogP contribution in [0, 0.1) is 5.92 Å². The van der Waals surface area contributed by atoms with E-state index in [-0.39, 0.29) is 0 Å². The third-order valence-corrected chi connectivity index (χ3v) is 6.53. The van der Waals surface area contributed by atoms with E-state index >= 15 is 0 Å². The smallest absolute Gasteiger partial charge is 0.0543 e. The van der Waals surface area contributed by atoms with Gasteiger partial charge >= 0.3 is 0 Å². The van der Waals surface area contributed by atoms with Crippen LogP contribution in [-0.4, -0.2) is 70.5 Å². The molecular formula is C21H34N4. The number of fused-ring (bicyclic) bond motifs is 1. The lowest BCUT2D eigenvalue weighted by molar-refractivity contribution is 0.0679. The molecule has 138 valence electrons. The number of pyridine rings is 1. The Morgan fingerprint density at radius 3 is 2.68 bits per heavy atom. The highest BCUT2D eigenvalue weighted by atomic mass is 15.3. The molecule has 0 aromatic carbocycles. The summed E-state index contributed by atoms with van der Waals surface area (Å²) in [5.41, 5.74) is 1.22. The Hall–Kier alpha value is -0.970. The van der Waals surface area contributed by atoms with E-state index in [9.17, 15) is 0 Å². The monoisotopic (exact) mass is 342 g/mol. The normalized spacial score (nSPS) is 31.7. The van der Waals surface area contributed by atoms with Gasteiger partial charge in [0.25, 0.3) is 0 Å². The van der Waals surface area contributed by atoms with E-state index in [0.29, 0.717) is 6.04 Å². The van der Waals surface area contributed by atoms with E-state index in [0.717, 1.165) is 24.5 Å². The van der Waals surface area contributed by atoms with Crippen molar-refractivity contribution in [2.24, 2.45) is 5.92 Å². The maximum Gasteiger partial charge on any atom is 0.0543 e. The molecule has 3 atom stereocenters. The van der Waals surface area contributed by atoms with Crippen molar-refractivity contribution in [3.8, 4) is 0 Å². The Labute approximate surface area is 153 Å². The predicted molar refractivity (Wildman–Crippen MR) is 102 cm³/mol. The Kier molecular flexibility index (Phi) is 5.39. The van der Waals surface area contributed by atoms with Gasteiger partial charge in [0.15, 0.2) is 0 Å². The minimum atomic E-state index is 0.671. The van der Waals surface area contributed by atoms with Crippen LogP contribution in [0.4, 0.5) is 0 Å². The topological polar surface area (TPSA) is 22.6 Å². The fourth-order valence-corrected chi connectivity index (χ4v) is 5.56. The molecule has 4 nitrogen and oxygen atoms in total. The van der Waals surface area contributed by atoms with Crippen molar-refractivity contribution in [2.45, 2.75) is 64.2 Å². The van der Waals surface area contributed by atoms with E-state index in [2.05, 4.69) is 45.7 Å². The summed E-state index contributed by atoms with van der Waals surface area (Å²) < 4.78 is 0. The molecule has 0 amide bonds. The van der Waals surface area contributed by atoms with E-state index < -0.39 is 0 Å². The molecule has 0 saturated carbocycles. The van der Waals surface area contributed by atoms with E-state index in [1.807, 2.05) is 12.3 Å². The molecule has 4 heterocycles. The molecule has 25 heavy (non-hydrogen) atoms. The molecule has 0 bridgehead atoms. The third-order valence-electron chi connectivity index (χ3n) is 6.53. The van der Waals surface area contributed by atoms with Crippen LogP contribution in [0.1, 0.15) is 45.2 Å². The minimum absolute atomic E-state index is 0.671. The van der Waals surface area contributed by atoms with Crippen LogP contribution in [0.3, 0.4) is 0 Å². The third kappa shape index (κ3) is 3.91. The second-order valence-corrected chi connectivity index (χ2v) is 8.61. The summed E-state index contributed by atoms with van der Waals surface area (Å²) >= 11 is 0. The highest BCUT2D eigenvalue weighted by Crippen LogP contribution is 2.38. The van der Waals surface area contributed by atoms with Gasteiger partial charge in [0.05, 0.1) is 5.69 Å². The first kappa shape index (κ1) is 17.4. The van der Waals surface area contributed by atoms with Crippen LogP contribution in [0.5, 0.6) is 0 Å². The Bertz CT molecular complexity index is 540. The van der Waals surface area contributed by atoms with Gasteiger partial charge in [-0.25, -0.2) is 0 Å². The summed E-state index contributed by atoms with van der Waals surface area (Å²) in [4.78, 5) is 12.8. The minimum Gasteiger partial charge on any atom is -0.302 e. The second kappa shape index (κ2) is 7.73. The fourth-order valence-electron chi connectivity index (χ4n) is 5.56. The molecule has 3 aliphatic rings. The van der Waals surface area contributed by atoms with E-state index in [1.165, 1.54) is 64.1 Å². The molecule has 0 unspecified atom stereocenters. The number of aromatic nitrogens is 1. The largest absolute Gasteiger partial charge is 0.302 e. The molecule has 0 radical (unpaired) electrons. The Morgan fingerprint density at radius 2 is 1.96 bits per heavy atom. The van der Waals surface area contributed by atoms with Crippen LogP contribution in [0.15, 0.2) is 24.4 Å². The molecule has 4 heteroatoms. The quantitative estimate of drug-likeness (QED) is 0.821. The van der Waals surface area contributed by atoms with Crippen LogP contribution in [0.2, 0.25) is 0 Å². The van der Waals surface area contributed by atoms with Crippen molar-refractivity contribution in [3.63, 3.8) is 0 Å². The average Bonchev–Trinajstić information content (AvgIpc) is 3.23. The molecule has 4 rings (SSSR count). The Morgan fingerprint density at radius 1 is 1.12 bits per heavy atom. The standard InChI is InChI=1S/C21H34N4/c1-17(2)25-20(16-23-10-5-6-11-23)13-18-14-24(12-8-21(18)25)15-19-7-3-4-9-22-19/h3-4,7,9,17-18,20-21H,5-6,8,10-16H2,1-2H3/t18-,20+,21+/m1/s1. The molecule has 3 fully saturated rings. The van der Waals surface area contributed by atoms with Gasteiger partial charge in [0.1, 0.15) is 0 Å². The van der Waals surface area contributed by atoms with Gasteiger partial charge in [0, 0.05) is 50.5 Å². The van der Waals surface area contributed by atoms with Crippen molar-refractivity contribution < 1.29 is 0 Å². The number of piperidine rings is 1. The lowest BCUT2D eigenvalue weighted by atomic mass is 9.91. The van der Waals surface area contributed by atoms with Gasteiger partial charge in [-0.3, -0.25) is 14.8 Å². The van der Waals surface area contributed by atoms with Gasteiger partial charge in [-0.2, -0.15) is 0 Å². The molecule has 0 spiro atoms. The molecule has 3 aliphatic heterocycles. The number of rotatable bonds is 5. The first-order chi connectivity index (χ1) is 12.2. The van der Waals surface area contributed by atoms with Crippen LogP contribution >= 0.6 is 0 Å². The fraction of sp³-hybridized carbons (Fsp3) is 0.762. The SMILES string of the molecule is CC(C)N1[C@H](CN2CCCC2)C[C@@H]2CN(Cc3ccccn3)CC[C@@H]21.